The fourth-order valence-corrected chi connectivity index (χ4v) is 2.43. The molecule has 124 valence electrons. The molecular weight excluding hydrogens is 304 g/mol. The molecule has 3 rings (SSSR count). The Morgan fingerprint density at radius 1 is 1.08 bits per heavy atom. The second-order valence-electron chi connectivity index (χ2n) is 5.90. The van der Waals surface area contributed by atoms with Crippen molar-refractivity contribution in [1.29, 1.82) is 0 Å². The molecule has 1 N–H and O–H groups in total. The fourth-order valence-electron chi connectivity index (χ4n) is 2.43. The van der Waals surface area contributed by atoms with Crippen molar-refractivity contribution in [2.75, 3.05) is 0 Å². The first kappa shape index (κ1) is 16.2. The number of ether oxygens (including phenoxy) is 1. The Bertz CT molecular complexity index is 770. The second kappa shape index (κ2) is 6.84. The molecule has 1 aromatic heterocycles. The monoisotopic (exact) mass is 324 g/mol. The minimum Gasteiger partial charge on any atom is -0.485 e. The molecule has 0 fully saturated rings. The number of rotatable bonds is 6. The summed E-state index contributed by atoms with van der Waals surface area (Å²) >= 11 is 0. The molecule has 5 nitrogen and oxygen atoms in total. The van der Waals surface area contributed by atoms with Crippen LogP contribution in [-0.2, 0) is 12.2 Å². The van der Waals surface area contributed by atoms with Crippen molar-refractivity contribution in [2.45, 2.75) is 32.0 Å². The molecule has 24 heavy (non-hydrogen) atoms. The predicted molar refractivity (Wildman–Crippen MR) is 89.5 cm³/mol. The number of para-hydroxylation sites is 1. The Morgan fingerprint density at radius 3 is 2.38 bits per heavy atom. The maximum Gasteiger partial charge on any atom is 0.259 e. The van der Waals surface area contributed by atoms with Crippen molar-refractivity contribution < 1.29 is 14.4 Å². The molecule has 5 heteroatoms. The number of aromatic nitrogens is 2. The van der Waals surface area contributed by atoms with Crippen LogP contribution in [0.4, 0.5) is 0 Å². The van der Waals surface area contributed by atoms with Gasteiger partial charge in [0.25, 0.3) is 5.89 Å². The highest BCUT2D eigenvalue weighted by atomic mass is 16.5. The molecule has 2 aromatic carbocycles. The third kappa shape index (κ3) is 3.46. The number of benzene rings is 2. The largest absolute Gasteiger partial charge is 0.485 e. The van der Waals surface area contributed by atoms with Gasteiger partial charge in [0.05, 0.1) is 0 Å². The van der Waals surface area contributed by atoms with Gasteiger partial charge in [0.15, 0.2) is 6.61 Å². The van der Waals surface area contributed by atoms with E-state index in [-0.39, 0.29) is 18.4 Å². The molecule has 0 unspecified atom stereocenters. The molecule has 1 heterocycles. The van der Waals surface area contributed by atoms with Crippen LogP contribution in [0.15, 0.2) is 65.2 Å². The molecule has 2 atom stereocenters. The average molecular weight is 324 g/mol. The van der Waals surface area contributed by atoms with Crippen LogP contribution in [0.25, 0.3) is 0 Å². The summed E-state index contributed by atoms with van der Waals surface area (Å²) in [5.74, 6) is 1.12. The minimum atomic E-state index is -1.26. The maximum absolute atomic E-state index is 10.9. The van der Waals surface area contributed by atoms with Crippen molar-refractivity contribution in [3.8, 4) is 5.75 Å². The molecule has 0 spiro atoms. The summed E-state index contributed by atoms with van der Waals surface area (Å²) in [4.78, 5) is 4.29. The molecule has 0 saturated heterocycles. The van der Waals surface area contributed by atoms with E-state index in [1.54, 1.807) is 6.92 Å². The van der Waals surface area contributed by atoms with Crippen LogP contribution in [0.3, 0.4) is 0 Å². The maximum atomic E-state index is 10.9. The smallest absolute Gasteiger partial charge is 0.259 e. The predicted octanol–water partition coefficient (Wildman–Crippen LogP) is 3.66. The van der Waals surface area contributed by atoms with E-state index in [2.05, 4.69) is 10.1 Å². The standard InChI is InChI=1S/C19H20N2O3/c1-14(15-9-5-3-6-10-15)19(2,22)18-20-17(21-24-18)13-23-16-11-7-4-8-12-16/h3-12,14,22H,13H2,1-2H3/t14-,19+/m0/s1. The van der Waals surface area contributed by atoms with E-state index >= 15 is 0 Å². The lowest BCUT2D eigenvalue weighted by Gasteiger charge is -2.26. The van der Waals surface area contributed by atoms with Crippen molar-refractivity contribution in [3.63, 3.8) is 0 Å². The van der Waals surface area contributed by atoms with Crippen LogP contribution >= 0.6 is 0 Å². The molecule has 0 amide bonds. The van der Waals surface area contributed by atoms with E-state index in [0.29, 0.717) is 5.82 Å². The van der Waals surface area contributed by atoms with Crippen molar-refractivity contribution in [2.24, 2.45) is 0 Å². The van der Waals surface area contributed by atoms with Gasteiger partial charge in [-0.3, -0.25) is 0 Å². The zero-order valence-electron chi connectivity index (χ0n) is 13.7. The highest BCUT2D eigenvalue weighted by molar-refractivity contribution is 5.24. The minimum absolute atomic E-state index is 0.184. The van der Waals surface area contributed by atoms with E-state index < -0.39 is 5.60 Å². The summed E-state index contributed by atoms with van der Waals surface area (Å²) in [6, 6.07) is 19.2. The lowest BCUT2D eigenvalue weighted by molar-refractivity contribution is 0.000602. The molecule has 0 aliphatic carbocycles. The first-order valence-corrected chi connectivity index (χ1v) is 7.85. The van der Waals surface area contributed by atoms with Gasteiger partial charge in [-0.25, -0.2) is 0 Å². The number of nitrogens with zero attached hydrogens (tertiary/aromatic N) is 2. The summed E-state index contributed by atoms with van der Waals surface area (Å²) < 4.78 is 10.9. The Balaban J connectivity index is 1.72. The number of hydrogen-bond donors (Lipinski definition) is 1. The van der Waals surface area contributed by atoms with E-state index in [1.165, 1.54) is 0 Å². The van der Waals surface area contributed by atoms with Gasteiger partial charge in [-0.05, 0) is 24.6 Å². The van der Waals surface area contributed by atoms with E-state index in [0.717, 1.165) is 11.3 Å². The van der Waals surface area contributed by atoms with Crippen molar-refractivity contribution >= 4 is 0 Å². The third-order valence-electron chi connectivity index (χ3n) is 4.15. The summed E-state index contributed by atoms with van der Waals surface area (Å²) in [7, 11) is 0. The van der Waals surface area contributed by atoms with Gasteiger partial charge >= 0.3 is 0 Å². The summed E-state index contributed by atoms with van der Waals surface area (Å²) in [6.07, 6.45) is 0. The van der Waals surface area contributed by atoms with Gasteiger partial charge in [-0.1, -0.05) is 60.6 Å². The topological polar surface area (TPSA) is 68.4 Å². The van der Waals surface area contributed by atoms with E-state index in [9.17, 15) is 5.11 Å². The lowest BCUT2D eigenvalue weighted by atomic mass is 9.85. The van der Waals surface area contributed by atoms with Crippen LogP contribution in [0.2, 0.25) is 0 Å². The Hall–Kier alpha value is -2.66. The zero-order valence-corrected chi connectivity index (χ0v) is 13.7. The van der Waals surface area contributed by atoms with Gasteiger partial charge < -0.3 is 14.4 Å². The van der Waals surface area contributed by atoms with Gasteiger partial charge in [0.1, 0.15) is 11.4 Å². The number of hydrogen-bond acceptors (Lipinski definition) is 5. The summed E-state index contributed by atoms with van der Waals surface area (Å²) in [6.45, 7) is 3.79. The van der Waals surface area contributed by atoms with Gasteiger partial charge in [0.2, 0.25) is 5.82 Å². The third-order valence-corrected chi connectivity index (χ3v) is 4.15. The first-order valence-electron chi connectivity index (χ1n) is 7.85. The van der Waals surface area contributed by atoms with Gasteiger partial charge in [-0.2, -0.15) is 4.98 Å². The van der Waals surface area contributed by atoms with Crippen LogP contribution in [-0.4, -0.2) is 15.2 Å². The van der Waals surface area contributed by atoms with Crippen LogP contribution in [0, 0.1) is 0 Å². The summed E-state index contributed by atoms with van der Waals surface area (Å²) in [5, 5.41) is 14.8. The average Bonchev–Trinajstić information content (AvgIpc) is 3.11. The lowest BCUT2D eigenvalue weighted by Crippen LogP contribution is -2.28. The summed E-state index contributed by atoms with van der Waals surface area (Å²) in [5.41, 5.74) is -0.262. The number of aliphatic hydroxyl groups is 1. The molecular formula is C19H20N2O3. The highest BCUT2D eigenvalue weighted by Gasteiger charge is 2.37. The van der Waals surface area contributed by atoms with Crippen molar-refractivity contribution in [3.05, 3.63) is 77.9 Å². The highest BCUT2D eigenvalue weighted by Crippen LogP contribution is 2.35. The van der Waals surface area contributed by atoms with Gasteiger partial charge in [-0.15, -0.1) is 0 Å². The fraction of sp³-hybridized carbons (Fsp3) is 0.263. The van der Waals surface area contributed by atoms with Crippen LogP contribution < -0.4 is 4.74 Å². The second-order valence-corrected chi connectivity index (χ2v) is 5.90. The zero-order chi connectivity index (χ0) is 17.0. The Morgan fingerprint density at radius 2 is 1.71 bits per heavy atom. The Labute approximate surface area is 140 Å². The molecule has 0 saturated carbocycles. The molecule has 0 aliphatic heterocycles. The Kier molecular flexibility index (Phi) is 4.62. The van der Waals surface area contributed by atoms with Crippen LogP contribution in [0.5, 0.6) is 5.75 Å². The van der Waals surface area contributed by atoms with Crippen molar-refractivity contribution in [1.82, 2.24) is 10.1 Å². The first-order chi connectivity index (χ1) is 11.6. The normalized spacial score (nSPS) is 14.8. The quantitative estimate of drug-likeness (QED) is 0.749. The molecule has 3 aromatic rings. The van der Waals surface area contributed by atoms with E-state index in [4.69, 9.17) is 9.26 Å². The van der Waals surface area contributed by atoms with E-state index in [1.807, 2.05) is 67.6 Å². The van der Waals surface area contributed by atoms with Crippen LogP contribution in [0.1, 0.15) is 37.0 Å². The molecule has 0 aliphatic rings. The molecule has 0 bridgehead atoms. The SMILES string of the molecule is C[C@@H](c1ccccc1)[C@@](C)(O)c1nc(COc2ccccc2)no1. The van der Waals surface area contributed by atoms with Gasteiger partial charge in [0, 0.05) is 5.92 Å². The molecule has 0 radical (unpaired) electrons.